The quantitative estimate of drug-likeness (QED) is 0.426. The molecule has 1 aliphatic rings. The zero-order chi connectivity index (χ0) is 19.0. The van der Waals surface area contributed by atoms with Gasteiger partial charge in [0.15, 0.2) is 12.0 Å². The van der Waals surface area contributed by atoms with Crippen LogP contribution in [0.3, 0.4) is 0 Å². The van der Waals surface area contributed by atoms with E-state index >= 15 is 0 Å². The highest BCUT2D eigenvalue weighted by Crippen LogP contribution is 2.39. The van der Waals surface area contributed by atoms with Crippen molar-refractivity contribution in [3.8, 4) is 0 Å². The molecule has 0 atom stereocenters. The number of fused-ring (bicyclic) bond motifs is 1. The fourth-order valence-electron chi connectivity index (χ4n) is 3.23. The number of halogens is 1. The predicted molar refractivity (Wildman–Crippen MR) is 108 cm³/mol. The molecular formula is C22H16BrNO3. The molecule has 0 radical (unpaired) electrons. The predicted octanol–water partition coefficient (Wildman–Crippen LogP) is 5.25. The van der Waals surface area contributed by atoms with Gasteiger partial charge in [0.1, 0.15) is 5.76 Å². The summed E-state index contributed by atoms with van der Waals surface area (Å²) in [6, 6.07) is 17.1. The van der Waals surface area contributed by atoms with Crippen molar-refractivity contribution in [1.29, 1.82) is 0 Å². The van der Waals surface area contributed by atoms with Crippen LogP contribution in [0.5, 0.6) is 0 Å². The SMILES string of the molecule is Cc1ccc2c(c1)/C(=C\c1cccc(Br)c1)C(=O)N2Cc1ccc(C=O)o1. The van der Waals surface area contributed by atoms with E-state index in [0.717, 1.165) is 26.9 Å². The largest absolute Gasteiger partial charge is 0.456 e. The Morgan fingerprint density at radius 1 is 1.11 bits per heavy atom. The van der Waals surface area contributed by atoms with E-state index in [1.54, 1.807) is 17.0 Å². The molecule has 0 aliphatic carbocycles. The Morgan fingerprint density at radius 2 is 1.96 bits per heavy atom. The molecule has 4 nitrogen and oxygen atoms in total. The summed E-state index contributed by atoms with van der Waals surface area (Å²) in [7, 11) is 0. The minimum Gasteiger partial charge on any atom is -0.456 e. The topological polar surface area (TPSA) is 50.5 Å². The van der Waals surface area contributed by atoms with Crippen molar-refractivity contribution >= 4 is 45.5 Å². The Labute approximate surface area is 165 Å². The maximum Gasteiger partial charge on any atom is 0.259 e. The average molecular weight is 422 g/mol. The van der Waals surface area contributed by atoms with E-state index in [4.69, 9.17) is 4.42 Å². The molecule has 1 aliphatic heterocycles. The maximum absolute atomic E-state index is 13.2. The van der Waals surface area contributed by atoms with Gasteiger partial charge in [-0.3, -0.25) is 9.59 Å². The van der Waals surface area contributed by atoms with Crippen LogP contribution in [-0.2, 0) is 11.3 Å². The molecular weight excluding hydrogens is 406 g/mol. The number of hydrogen-bond donors (Lipinski definition) is 0. The minimum atomic E-state index is -0.0837. The normalized spacial score (nSPS) is 14.7. The summed E-state index contributed by atoms with van der Waals surface area (Å²) in [6.45, 7) is 2.28. The van der Waals surface area contributed by atoms with Crippen LogP contribution in [0.4, 0.5) is 5.69 Å². The average Bonchev–Trinajstić information content (AvgIpc) is 3.20. The molecule has 0 saturated carbocycles. The molecule has 0 saturated heterocycles. The highest BCUT2D eigenvalue weighted by Gasteiger charge is 2.33. The number of aldehydes is 1. The number of benzene rings is 2. The summed E-state index contributed by atoms with van der Waals surface area (Å²) in [6.07, 6.45) is 2.57. The lowest BCUT2D eigenvalue weighted by Gasteiger charge is -2.15. The number of carbonyl (C=O) groups excluding carboxylic acids is 2. The van der Waals surface area contributed by atoms with Crippen molar-refractivity contribution in [1.82, 2.24) is 0 Å². The zero-order valence-corrected chi connectivity index (χ0v) is 16.2. The van der Waals surface area contributed by atoms with E-state index in [2.05, 4.69) is 15.9 Å². The third-order valence-corrected chi connectivity index (χ3v) is 4.97. The van der Waals surface area contributed by atoms with Gasteiger partial charge in [-0.2, -0.15) is 0 Å². The molecule has 2 heterocycles. The number of furan rings is 1. The molecule has 1 amide bonds. The number of hydrogen-bond acceptors (Lipinski definition) is 3. The van der Waals surface area contributed by atoms with Crippen molar-refractivity contribution in [2.24, 2.45) is 0 Å². The summed E-state index contributed by atoms with van der Waals surface area (Å²) >= 11 is 3.47. The summed E-state index contributed by atoms with van der Waals surface area (Å²) in [5.41, 5.74) is 4.43. The van der Waals surface area contributed by atoms with Crippen molar-refractivity contribution in [2.75, 3.05) is 4.90 Å². The third kappa shape index (κ3) is 3.38. The highest BCUT2D eigenvalue weighted by molar-refractivity contribution is 9.10. The van der Waals surface area contributed by atoms with Crippen LogP contribution in [0.2, 0.25) is 0 Å². The van der Waals surface area contributed by atoms with Crippen molar-refractivity contribution in [3.05, 3.63) is 87.3 Å². The number of amides is 1. The summed E-state index contributed by atoms with van der Waals surface area (Å²) < 4.78 is 6.42. The molecule has 3 aromatic rings. The second-order valence-electron chi connectivity index (χ2n) is 6.45. The Morgan fingerprint density at radius 3 is 2.70 bits per heavy atom. The van der Waals surface area contributed by atoms with Crippen molar-refractivity contribution in [2.45, 2.75) is 13.5 Å². The van der Waals surface area contributed by atoms with E-state index in [1.165, 1.54) is 0 Å². The van der Waals surface area contributed by atoms with Gasteiger partial charge in [-0.05, 0) is 55.0 Å². The van der Waals surface area contributed by atoms with E-state index < -0.39 is 0 Å². The van der Waals surface area contributed by atoms with Gasteiger partial charge in [-0.1, -0.05) is 39.7 Å². The maximum atomic E-state index is 13.2. The van der Waals surface area contributed by atoms with Crippen LogP contribution in [0.1, 0.15) is 33.0 Å². The van der Waals surface area contributed by atoms with Gasteiger partial charge in [0, 0.05) is 15.6 Å². The lowest BCUT2D eigenvalue weighted by molar-refractivity contribution is -0.113. The number of nitrogens with zero attached hydrogens (tertiary/aromatic N) is 1. The Kier molecular flexibility index (Phi) is 4.54. The van der Waals surface area contributed by atoms with Crippen LogP contribution < -0.4 is 4.90 Å². The van der Waals surface area contributed by atoms with E-state index in [0.29, 0.717) is 17.6 Å². The van der Waals surface area contributed by atoms with Gasteiger partial charge in [-0.25, -0.2) is 0 Å². The van der Waals surface area contributed by atoms with Gasteiger partial charge in [0.05, 0.1) is 12.2 Å². The van der Waals surface area contributed by atoms with Gasteiger partial charge >= 0.3 is 0 Å². The molecule has 4 rings (SSSR count). The molecule has 1 aromatic heterocycles. The molecule has 0 fully saturated rings. The molecule has 2 aromatic carbocycles. The van der Waals surface area contributed by atoms with Crippen LogP contribution in [-0.4, -0.2) is 12.2 Å². The fourth-order valence-corrected chi connectivity index (χ4v) is 3.65. The molecule has 134 valence electrons. The number of carbonyl (C=O) groups is 2. The molecule has 0 unspecified atom stereocenters. The number of aryl methyl sites for hydroxylation is 1. The fraction of sp³-hybridized carbons (Fsp3) is 0.0909. The first-order valence-corrected chi connectivity index (χ1v) is 9.28. The van der Waals surface area contributed by atoms with Crippen molar-refractivity contribution in [3.63, 3.8) is 0 Å². The van der Waals surface area contributed by atoms with Crippen molar-refractivity contribution < 1.29 is 14.0 Å². The van der Waals surface area contributed by atoms with Gasteiger partial charge < -0.3 is 9.32 Å². The lowest BCUT2D eigenvalue weighted by atomic mass is 10.0. The van der Waals surface area contributed by atoms with E-state index in [9.17, 15) is 9.59 Å². The first-order chi connectivity index (χ1) is 13.0. The second kappa shape index (κ2) is 7.00. The molecule has 27 heavy (non-hydrogen) atoms. The van der Waals surface area contributed by atoms with E-state index in [-0.39, 0.29) is 18.2 Å². The van der Waals surface area contributed by atoms with Gasteiger partial charge in [0.2, 0.25) is 0 Å². The Bertz CT molecular complexity index is 1080. The number of rotatable bonds is 4. The smallest absolute Gasteiger partial charge is 0.259 e. The van der Waals surface area contributed by atoms with Crippen LogP contribution in [0.15, 0.2) is 63.5 Å². The summed E-state index contributed by atoms with van der Waals surface area (Å²) in [4.78, 5) is 25.7. The van der Waals surface area contributed by atoms with Crippen LogP contribution in [0, 0.1) is 6.92 Å². The minimum absolute atomic E-state index is 0.0837. The molecule has 0 spiro atoms. The van der Waals surface area contributed by atoms with Gasteiger partial charge in [-0.15, -0.1) is 0 Å². The van der Waals surface area contributed by atoms with Crippen LogP contribution >= 0.6 is 15.9 Å². The Balaban J connectivity index is 1.77. The van der Waals surface area contributed by atoms with Gasteiger partial charge in [0.25, 0.3) is 5.91 Å². The van der Waals surface area contributed by atoms with E-state index in [1.807, 2.05) is 55.5 Å². The number of anilines is 1. The highest BCUT2D eigenvalue weighted by atomic mass is 79.9. The zero-order valence-electron chi connectivity index (χ0n) is 14.6. The third-order valence-electron chi connectivity index (χ3n) is 4.48. The first-order valence-electron chi connectivity index (χ1n) is 8.49. The summed E-state index contributed by atoms with van der Waals surface area (Å²) in [5, 5.41) is 0. The Hall–Kier alpha value is -2.92. The lowest BCUT2D eigenvalue weighted by Crippen LogP contribution is -2.25. The molecule has 0 bridgehead atoms. The monoisotopic (exact) mass is 421 g/mol. The molecule has 5 heteroatoms. The molecule has 0 N–H and O–H groups in total. The van der Waals surface area contributed by atoms with Crippen LogP contribution in [0.25, 0.3) is 11.6 Å². The first kappa shape index (κ1) is 17.5. The summed E-state index contributed by atoms with van der Waals surface area (Å²) in [5.74, 6) is 0.742. The second-order valence-corrected chi connectivity index (χ2v) is 7.36. The standard InChI is InChI=1S/C22H16BrNO3/c1-14-5-8-21-19(9-14)20(11-15-3-2-4-16(23)10-15)22(26)24(21)12-17-6-7-18(13-25)27-17/h2-11,13H,12H2,1H3/b20-11+.